The van der Waals surface area contributed by atoms with Crippen molar-refractivity contribution in [1.29, 1.82) is 0 Å². The van der Waals surface area contributed by atoms with Gasteiger partial charge in [0, 0.05) is 39.5 Å². The van der Waals surface area contributed by atoms with Gasteiger partial charge in [-0.25, -0.2) is 0 Å². The van der Waals surface area contributed by atoms with E-state index in [1.807, 2.05) is 0 Å². The zero-order valence-corrected chi connectivity index (χ0v) is 51.8. The summed E-state index contributed by atoms with van der Waals surface area (Å²) in [6.07, 6.45) is 0. The third kappa shape index (κ3) is 8.23. The summed E-state index contributed by atoms with van der Waals surface area (Å²) in [6.45, 7) is 2.39. The van der Waals surface area contributed by atoms with Crippen LogP contribution >= 0.6 is 0 Å². The van der Waals surface area contributed by atoms with Crippen molar-refractivity contribution in [2.24, 2.45) is 0 Å². The van der Waals surface area contributed by atoms with E-state index in [2.05, 4.69) is 363 Å². The van der Waals surface area contributed by atoms with E-state index in [9.17, 15) is 0 Å². The molecule has 15 aromatic carbocycles. The molecule has 0 aliphatic heterocycles. The summed E-state index contributed by atoms with van der Waals surface area (Å²) in [5.74, 6) is 0. The second-order valence-electron chi connectivity index (χ2n) is 25.6. The Labute approximate surface area is 548 Å². The fourth-order valence-electron chi connectivity index (χ4n) is 16.0. The molecular weight excluding hydrogens is 1130 g/mol. The van der Waals surface area contributed by atoms with Gasteiger partial charge in [0.1, 0.15) is 0 Å². The van der Waals surface area contributed by atoms with Crippen molar-refractivity contribution < 1.29 is 0 Å². The standard InChI is InChI=1S/C92H60N2/c1-92(63-25-3-2-4-26-63,64-47-51-66(52-48-64)93(68-27-13-21-59(55-68)72-39-17-43-84-76-31-5-9-35-80(76)88(72)84)69-28-14-22-60(56-69)73-40-18-44-85-77-32-6-10-36-81(77)89(73)85)65-49-53-67(54-50-65)94(70-29-15-23-61(57-70)74-41-19-45-86-78-33-7-11-37-82(78)90(74)86)71-30-16-24-62(58-71)75-42-20-46-87-79-34-8-12-38-83(79)91(75)87/h2-58H,1H3. The Bertz CT molecular complexity index is 4980. The molecule has 0 saturated carbocycles. The molecule has 0 heterocycles. The van der Waals surface area contributed by atoms with Crippen molar-refractivity contribution in [3.05, 3.63) is 362 Å². The van der Waals surface area contributed by atoms with E-state index in [1.54, 1.807) is 0 Å². The van der Waals surface area contributed by atoms with Gasteiger partial charge in [-0.05, 0) is 230 Å². The first-order valence-electron chi connectivity index (χ1n) is 32.7. The van der Waals surface area contributed by atoms with Crippen LogP contribution in [0, 0.1) is 0 Å². The number of fused-ring (bicyclic) bond motifs is 16. The molecule has 4 aliphatic rings. The molecule has 438 valence electrons. The number of rotatable bonds is 13. The Morgan fingerprint density at radius 3 is 0.681 bits per heavy atom. The highest BCUT2D eigenvalue weighted by molar-refractivity contribution is 6.12. The molecule has 2 heteroatoms. The molecule has 2 nitrogen and oxygen atoms in total. The van der Waals surface area contributed by atoms with Crippen molar-refractivity contribution in [2.75, 3.05) is 9.80 Å². The molecule has 0 atom stereocenters. The molecule has 19 rings (SSSR count). The van der Waals surface area contributed by atoms with E-state index >= 15 is 0 Å². The lowest BCUT2D eigenvalue weighted by atomic mass is 9.71. The maximum Gasteiger partial charge on any atom is 0.0467 e. The average molecular weight is 1190 g/mol. The van der Waals surface area contributed by atoms with Gasteiger partial charge < -0.3 is 9.80 Å². The molecular formula is C92H60N2. The molecule has 0 amide bonds. The third-order valence-corrected chi connectivity index (χ3v) is 20.6. The summed E-state index contributed by atoms with van der Waals surface area (Å²) < 4.78 is 0. The summed E-state index contributed by atoms with van der Waals surface area (Å²) in [4.78, 5) is 4.89. The lowest BCUT2D eigenvalue weighted by Crippen LogP contribution is -2.25. The Morgan fingerprint density at radius 1 is 0.170 bits per heavy atom. The zero-order valence-electron chi connectivity index (χ0n) is 51.8. The minimum atomic E-state index is -0.540. The van der Waals surface area contributed by atoms with Crippen LogP contribution in [-0.4, -0.2) is 0 Å². The number of hydrogen-bond acceptors (Lipinski definition) is 2. The van der Waals surface area contributed by atoms with Crippen molar-refractivity contribution in [1.82, 2.24) is 0 Å². The molecule has 0 spiro atoms. The molecule has 0 N–H and O–H groups in total. The molecule has 0 saturated heterocycles. The van der Waals surface area contributed by atoms with Crippen LogP contribution in [0.25, 0.3) is 134 Å². The van der Waals surface area contributed by atoms with Crippen molar-refractivity contribution in [2.45, 2.75) is 12.3 Å². The number of benzene rings is 15. The molecule has 0 radical (unpaired) electrons. The Hall–Kier alpha value is -12.1. The predicted molar refractivity (Wildman–Crippen MR) is 394 cm³/mol. The molecule has 0 fully saturated rings. The van der Waals surface area contributed by atoms with Gasteiger partial charge in [-0.2, -0.15) is 0 Å². The van der Waals surface area contributed by atoms with E-state index < -0.39 is 5.41 Å². The molecule has 0 bridgehead atoms. The van der Waals surface area contributed by atoms with Crippen LogP contribution in [0.5, 0.6) is 0 Å². The zero-order chi connectivity index (χ0) is 62.0. The van der Waals surface area contributed by atoms with Crippen molar-refractivity contribution in [3.63, 3.8) is 0 Å². The highest BCUT2D eigenvalue weighted by Gasteiger charge is 2.34. The van der Waals surface area contributed by atoms with Gasteiger partial charge in [-0.3, -0.25) is 0 Å². The Balaban J connectivity index is 0.721. The quantitative estimate of drug-likeness (QED) is 0.106. The van der Waals surface area contributed by atoms with Gasteiger partial charge in [0.05, 0.1) is 0 Å². The minimum absolute atomic E-state index is 0.540. The third-order valence-electron chi connectivity index (χ3n) is 20.6. The normalized spacial score (nSPS) is 12.1. The van der Waals surface area contributed by atoms with Crippen LogP contribution < -0.4 is 9.80 Å². The van der Waals surface area contributed by atoms with Crippen LogP contribution in [-0.2, 0) is 5.41 Å². The largest absolute Gasteiger partial charge is 0.310 e. The first-order chi connectivity index (χ1) is 46.5. The monoisotopic (exact) mass is 1190 g/mol. The summed E-state index contributed by atoms with van der Waals surface area (Å²) in [7, 11) is 0. The van der Waals surface area contributed by atoms with Crippen molar-refractivity contribution >= 4 is 34.1 Å². The topological polar surface area (TPSA) is 6.48 Å². The first-order valence-corrected chi connectivity index (χ1v) is 32.7. The van der Waals surface area contributed by atoms with Gasteiger partial charge in [0.25, 0.3) is 0 Å². The fourth-order valence-corrected chi connectivity index (χ4v) is 16.0. The van der Waals surface area contributed by atoms with Crippen LogP contribution in [0.2, 0.25) is 0 Å². The molecule has 0 aromatic heterocycles. The van der Waals surface area contributed by atoms with Gasteiger partial charge >= 0.3 is 0 Å². The van der Waals surface area contributed by atoms with Crippen LogP contribution in [0.15, 0.2) is 346 Å². The van der Waals surface area contributed by atoms with Gasteiger partial charge in [0.15, 0.2) is 0 Å². The smallest absolute Gasteiger partial charge is 0.0467 e. The van der Waals surface area contributed by atoms with E-state index in [4.69, 9.17) is 0 Å². The number of nitrogens with zero attached hydrogens (tertiary/aromatic N) is 2. The fraction of sp³-hybridized carbons (Fsp3) is 0.0217. The predicted octanol–water partition coefficient (Wildman–Crippen LogP) is 25.2. The number of hydrogen-bond donors (Lipinski definition) is 0. The number of anilines is 6. The lowest BCUT2D eigenvalue weighted by Gasteiger charge is -2.34. The van der Waals surface area contributed by atoms with Crippen LogP contribution in [0.4, 0.5) is 34.1 Å². The average Bonchev–Trinajstić information content (AvgIpc) is 0.748. The first kappa shape index (κ1) is 53.7. The minimum Gasteiger partial charge on any atom is -0.310 e. The van der Waals surface area contributed by atoms with E-state index in [0.717, 1.165) is 34.1 Å². The molecule has 94 heavy (non-hydrogen) atoms. The molecule has 15 aromatic rings. The Kier molecular flexibility index (Phi) is 12.1. The summed E-state index contributed by atoms with van der Waals surface area (Å²) in [5, 5.41) is 0. The van der Waals surface area contributed by atoms with E-state index in [1.165, 1.54) is 150 Å². The maximum atomic E-state index is 2.45. The second-order valence-corrected chi connectivity index (χ2v) is 25.6. The van der Waals surface area contributed by atoms with Crippen molar-refractivity contribution in [3.8, 4) is 134 Å². The van der Waals surface area contributed by atoms with E-state index in [0.29, 0.717) is 0 Å². The SMILES string of the molecule is CC(c1ccccc1)(c1ccc(N(c2cccc(-c3cccc4c3-c3ccccc3-4)c2)c2cccc(-c3cccc4c3-c3ccccc3-4)c2)cc1)c1ccc(N(c2cccc(-c3cccc4c3-c3ccccc3-4)c2)c2cccc(-c3cccc4c3-c3ccccc3-4)c2)cc1. The summed E-state index contributed by atoms with van der Waals surface area (Å²) in [5.41, 5.74) is 40.4. The Morgan fingerprint density at radius 2 is 0.394 bits per heavy atom. The molecule has 4 aliphatic carbocycles. The van der Waals surface area contributed by atoms with Gasteiger partial charge in [-0.1, -0.05) is 273 Å². The summed E-state index contributed by atoms with van der Waals surface area (Å²) in [6, 6.07) is 129. The second kappa shape index (κ2) is 21.2. The highest BCUT2D eigenvalue weighted by Crippen LogP contribution is 2.57. The summed E-state index contributed by atoms with van der Waals surface area (Å²) >= 11 is 0. The maximum absolute atomic E-state index is 2.45. The van der Waals surface area contributed by atoms with E-state index in [-0.39, 0.29) is 0 Å². The van der Waals surface area contributed by atoms with Crippen LogP contribution in [0.1, 0.15) is 23.6 Å². The van der Waals surface area contributed by atoms with Gasteiger partial charge in [-0.15, -0.1) is 0 Å². The van der Waals surface area contributed by atoms with Gasteiger partial charge in [0.2, 0.25) is 0 Å². The highest BCUT2D eigenvalue weighted by atomic mass is 15.1. The van der Waals surface area contributed by atoms with Crippen LogP contribution in [0.3, 0.4) is 0 Å². The lowest BCUT2D eigenvalue weighted by molar-refractivity contribution is 0.692. The molecule has 0 unspecified atom stereocenters.